The van der Waals surface area contributed by atoms with Crippen molar-refractivity contribution in [2.75, 3.05) is 0 Å². The Bertz CT molecular complexity index is 1260. The number of carbonyl (C=O) groups is 1. The lowest BCUT2D eigenvalue weighted by molar-refractivity contribution is -0.149. The fourth-order valence-electron chi connectivity index (χ4n) is 4.98. The molecule has 0 aliphatic heterocycles. The van der Waals surface area contributed by atoms with E-state index in [9.17, 15) is 28.9 Å². The van der Waals surface area contributed by atoms with Gasteiger partial charge in [0.2, 0.25) is 0 Å². The average molecular weight is 513 g/mol. The second-order valence-electron chi connectivity index (χ2n) is 9.32. The molecule has 2 aromatic carbocycles. The first-order chi connectivity index (χ1) is 16.9. The summed E-state index contributed by atoms with van der Waals surface area (Å²) in [7, 11) is -3.37. The maximum Gasteiger partial charge on any atom is 0.527 e. The molecular weight excluding hydrogens is 480 g/mol. The fourth-order valence-corrected chi connectivity index (χ4v) is 5.90. The molecule has 0 bridgehead atoms. The third-order valence-corrected chi connectivity index (χ3v) is 8.49. The maximum absolute atomic E-state index is 13.9. The highest BCUT2D eigenvalue weighted by molar-refractivity contribution is 7.41. The minimum absolute atomic E-state index is 0.169. The van der Waals surface area contributed by atoms with Gasteiger partial charge < -0.3 is 10.2 Å². The van der Waals surface area contributed by atoms with E-state index in [0.717, 1.165) is 11.1 Å². The number of carboxylic acid groups (broad SMARTS) is 1. The summed E-state index contributed by atoms with van der Waals surface area (Å²) < 4.78 is 26.6. The Morgan fingerprint density at radius 2 is 1.64 bits per heavy atom. The van der Waals surface area contributed by atoms with Crippen LogP contribution in [0.5, 0.6) is 0 Å². The van der Waals surface area contributed by atoms with Gasteiger partial charge >= 0.3 is 19.2 Å². The zero-order valence-electron chi connectivity index (χ0n) is 21.1. The Balaban J connectivity index is 2.62. The highest BCUT2D eigenvalue weighted by Gasteiger charge is 2.69. The van der Waals surface area contributed by atoms with Crippen LogP contribution in [-0.2, 0) is 21.4 Å². The van der Waals surface area contributed by atoms with E-state index in [1.807, 2.05) is 51.1 Å². The Morgan fingerprint density at radius 3 is 2.08 bits per heavy atom. The number of hydrogen-bond acceptors (Lipinski definition) is 4. The number of carboxylic acids is 1. The lowest BCUT2D eigenvalue weighted by atomic mass is 9.73. The van der Waals surface area contributed by atoms with Crippen LogP contribution in [-0.4, -0.2) is 31.2 Å². The second kappa shape index (κ2) is 10.6. The van der Waals surface area contributed by atoms with Crippen molar-refractivity contribution in [3.63, 3.8) is 0 Å². The number of pyridine rings is 1. The zero-order valence-corrected chi connectivity index (χ0v) is 22.0. The number of aliphatic carboxylic acids is 1. The van der Waals surface area contributed by atoms with Crippen molar-refractivity contribution < 1.29 is 28.9 Å². The molecule has 8 heteroatoms. The zero-order chi connectivity index (χ0) is 26.8. The van der Waals surface area contributed by atoms with Gasteiger partial charge in [0.1, 0.15) is 5.82 Å². The quantitative estimate of drug-likeness (QED) is 0.286. The molecule has 3 aromatic rings. The SMILES string of the molecule is CCc1c(-c2ccccc2)nc(C(C)C)c(C(C)(O)C(CC)(C(=O)O)[P+](=O)O)c1-c1ccc(F)cc1. The molecule has 0 aliphatic carbocycles. The molecule has 1 heterocycles. The van der Waals surface area contributed by atoms with E-state index in [-0.39, 0.29) is 17.9 Å². The Hall–Kier alpha value is -2.99. The van der Waals surface area contributed by atoms with Crippen LogP contribution in [0.25, 0.3) is 22.4 Å². The van der Waals surface area contributed by atoms with E-state index in [2.05, 4.69) is 0 Å². The summed E-state index contributed by atoms with van der Waals surface area (Å²) in [5.74, 6) is -2.30. The molecule has 0 radical (unpaired) electrons. The number of benzene rings is 2. The van der Waals surface area contributed by atoms with Crippen LogP contribution in [0.1, 0.15) is 63.8 Å². The summed E-state index contributed by atoms with van der Waals surface area (Å²) in [6.07, 6.45) is 0.159. The Labute approximate surface area is 211 Å². The van der Waals surface area contributed by atoms with Crippen molar-refractivity contribution in [3.8, 4) is 22.4 Å². The minimum Gasteiger partial charge on any atom is -0.477 e. The van der Waals surface area contributed by atoms with Crippen LogP contribution in [0.4, 0.5) is 4.39 Å². The van der Waals surface area contributed by atoms with Gasteiger partial charge in [0.15, 0.2) is 5.60 Å². The Morgan fingerprint density at radius 1 is 1.06 bits per heavy atom. The molecule has 1 aromatic heterocycles. The van der Waals surface area contributed by atoms with E-state index in [0.29, 0.717) is 28.9 Å². The lowest BCUT2D eigenvalue weighted by Crippen LogP contribution is -2.53. The smallest absolute Gasteiger partial charge is 0.477 e. The number of aliphatic hydroxyl groups is 1. The fraction of sp³-hybridized carbons (Fsp3) is 0.357. The predicted molar refractivity (Wildman–Crippen MR) is 139 cm³/mol. The molecule has 0 saturated carbocycles. The third-order valence-electron chi connectivity index (χ3n) is 6.89. The molecule has 36 heavy (non-hydrogen) atoms. The van der Waals surface area contributed by atoms with Gasteiger partial charge in [0.25, 0.3) is 0 Å². The van der Waals surface area contributed by atoms with E-state index in [4.69, 9.17) is 4.98 Å². The molecule has 3 rings (SSSR count). The second-order valence-corrected chi connectivity index (χ2v) is 10.6. The molecule has 0 amide bonds. The molecule has 3 unspecified atom stereocenters. The first kappa shape index (κ1) is 27.6. The monoisotopic (exact) mass is 512 g/mol. The van der Waals surface area contributed by atoms with Crippen LogP contribution in [0.2, 0.25) is 0 Å². The number of nitrogens with zero attached hydrogens (tertiary/aromatic N) is 1. The topological polar surface area (TPSA) is 108 Å². The molecule has 0 spiro atoms. The predicted octanol–water partition coefficient (Wildman–Crippen LogP) is 6.42. The minimum atomic E-state index is -3.37. The molecule has 190 valence electrons. The van der Waals surface area contributed by atoms with Crippen molar-refractivity contribution in [2.24, 2.45) is 0 Å². The molecule has 0 saturated heterocycles. The largest absolute Gasteiger partial charge is 0.527 e. The van der Waals surface area contributed by atoms with E-state index in [1.54, 1.807) is 12.1 Å². The van der Waals surface area contributed by atoms with Gasteiger partial charge in [-0.1, -0.05) is 70.2 Å². The first-order valence-electron chi connectivity index (χ1n) is 11.9. The van der Waals surface area contributed by atoms with Crippen LogP contribution in [0, 0.1) is 5.82 Å². The molecule has 3 N–H and O–H groups in total. The van der Waals surface area contributed by atoms with E-state index < -0.39 is 30.6 Å². The lowest BCUT2D eigenvalue weighted by Gasteiger charge is -2.37. The van der Waals surface area contributed by atoms with Crippen LogP contribution < -0.4 is 0 Å². The van der Waals surface area contributed by atoms with Gasteiger partial charge in [-0.25, -0.2) is 9.18 Å². The standard InChI is InChI=1S/C28H31FNO5P/c1-6-21-22(18-13-15-20(29)16-14-18)23(27(5,33)28(7-2,26(31)32)36(34)35)24(17(3)4)30-25(21)19-11-9-8-10-12-19/h8-17,33H,6-7H2,1-5H3,(H-,31,32,34,35)/p+1. The van der Waals surface area contributed by atoms with Crippen molar-refractivity contribution in [3.05, 3.63) is 77.2 Å². The van der Waals surface area contributed by atoms with Gasteiger partial charge in [0.05, 0.1) is 11.4 Å². The first-order valence-corrected chi connectivity index (χ1v) is 13.2. The highest BCUT2D eigenvalue weighted by Crippen LogP contribution is 2.55. The average Bonchev–Trinajstić information content (AvgIpc) is 2.83. The van der Waals surface area contributed by atoms with Crippen molar-refractivity contribution in [1.82, 2.24) is 4.98 Å². The van der Waals surface area contributed by atoms with Crippen LogP contribution in [0.3, 0.4) is 0 Å². The van der Waals surface area contributed by atoms with Crippen molar-refractivity contribution in [1.29, 1.82) is 0 Å². The van der Waals surface area contributed by atoms with E-state index in [1.165, 1.54) is 26.0 Å². The summed E-state index contributed by atoms with van der Waals surface area (Å²) in [6, 6.07) is 15.2. The summed E-state index contributed by atoms with van der Waals surface area (Å²) in [4.78, 5) is 27.8. The summed E-state index contributed by atoms with van der Waals surface area (Å²) in [5, 5.41) is 19.9. The van der Waals surface area contributed by atoms with Crippen molar-refractivity contribution >= 4 is 14.0 Å². The molecule has 0 fully saturated rings. The molecule has 0 aliphatic rings. The normalized spacial score (nSPS) is 15.3. The van der Waals surface area contributed by atoms with Crippen LogP contribution in [0.15, 0.2) is 54.6 Å². The molecular formula is C28H32FNO5P+. The summed E-state index contributed by atoms with van der Waals surface area (Å²) in [5.41, 5.74) is 1.53. The van der Waals surface area contributed by atoms with Gasteiger partial charge in [-0.2, -0.15) is 4.89 Å². The molecule has 3 atom stereocenters. The summed E-state index contributed by atoms with van der Waals surface area (Å²) >= 11 is 0. The molecule has 6 nitrogen and oxygen atoms in total. The van der Waals surface area contributed by atoms with Crippen molar-refractivity contribution in [2.45, 2.75) is 64.1 Å². The van der Waals surface area contributed by atoms with Gasteiger partial charge in [0, 0.05) is 17.5 Å². The number of halogens is 1. The number of aromatic nitrogens is 1. The van der Waals surface area contributed by atoms with Gasteiger partial charge in [-0.05, 0) is 52.7 Å². The number of rotatable bonds is 9. The highest BCUT2D eigenvalue weighted by atomic mass is 31.1. The third kappa shape index (κ3) is 4.47. The Kier molecular flexibility index (Phi) is 8.09. The number of hydrogen-bond donors (Lipinski definition) is 3. The van der Waals surface area contributed by atoms with Gasteiger partial charge in [-0.15, -0.1) is 0 Å². The van der Waals surface area contributed by atoms with E-state index >= 15 is 0 Å². The van der Waals surface area contributed by atoms with Gasteiger partial charge in [-0.3, -0.25) is 4.98 Å². The van der Waals surface area contributed by atoms with Crippen LogP contribution >= 0.6 is 8.03 Å². The maximum atomic E-state index is 13.9. The summed E-state index contributed by atoms with van der Waals surface area (Å²) in [6.45, 7) is 8.38.